The van der Waals surface area contributed by atoms with Crippen LogP contribution in [0.1, 0.15) is 26.3 Å². The van der Waals surface area contributed by atoms with Crippen molar-refractivity contribution in [1.82, 2.24) is 10.6 Å². The quantitative estimate of drug-likeness (QED) is 0.788. The molecule has 0 radical (unpaired) electrons. The van der Waals surface area contributed by atoms with E-state index in [-0.39, 0.29) is 24.6 Å². The summed E-state index contributed by atoms with van der Waals surface area (Å²) in [4.78, 5) is 23.9. The van der Waals surface area contributed by atoms with E-state index in [0.29, 0.717) is 17.4 Å². The van der Waals surface area contributed by atoms with E-state index in [1.165, 1.54) is 0 Å². The van der Waals surface area contributed by atoms with Gasteiger partial charge in [0.15, 0.2) is 0 Å². The highest BCUT2D eigenvalue weighted by molar-refractivity contribution is 5.96. The maximum Gasteiger partial charge on any atom is 0.254 e. The standard InChI is InChI=1S/C18H18F2N2O3/c1-11-9-13(25-2)4-6-14(11)17(23)21-7-8-22-18(24)15-5-3-12(19)10-16(15)20/h3-6,9-10H,7-8H2,1-2H3,(H,21,23)(H,22,24). The minimum absolute atomic E-state index is 0.108. The lowest BCUT2D eigenvalue weighted by Crippen LogP contribution is -2.35. The molecule has 0 heterocycles. The summed E-state index contributed by atoms with van der Waals surface area (Å²) in [5.74, 6) is -2.00. The third-order valence-electron chi connectivity index (χ3n) is 3.55. The predicted molar refractivity (Wildman–Crippen MR) is 88.8 cm³/mol. The van der Waals surface area contributed by atoms with Crippen LogP contribution in [0.15, 0.2) is 36.4 Å². The molecule has 0 atom stereocenters. The van der Waals surface area contributed by atoms with E-state index in [1.807, 2.05) is 0 Å². The molecule has 0 spiro atoms. The van der Waals surface area contributed by atoms with Crippen molar-refractivity contribution in [2.45, 2.75) is 6.92 Å². The Labute approximate surface area is 144 Å². The van der Waals surface area contributed by atoms with E-state index in [9.17, 15) is 18.4 Å². The van der Waals surface area contributed by atoms with Crippen LogP contribution in [0, 0.1) is 18.6 Å². The van der Waals surface area contributed by atoms with Crippen molar-refractivity contribution in [2.24, 2.45) is 0 Å². The molecule has 2 amide bonds. The fraction of sp³-hybridized carbons (Fsp3) is 0.222. The zero-order valence-electron chi connectivity index (χ0n) is 13.9. The van der Waals surface area contributed by atoms with Gasteiger partial charge in [0.05, 0.1) is 12.7 Å². The molecule has 0 bridgehead atoms. The lowest BCUT2D eigenvalue weighted by molar-refractivity contribution is 0.0925. The number of benzene rings is 2. The molecular weight excluding hydrogens is 330 g/mol. The lowest BCUT2D eigenvalue weighted by atomic mass is 10.1. The minimum atomic E-state index is -0.935. The average molecular weight is 348 g/mol. The van der Waals surface area contributed by atoms with Crippen LogP contribution in [-0.2, 0) is 0 Å². The van der Waals surface area contributed by atoms with E-state index in [1.54, 1.807) is 32.2 Å². The summed E-state index contributed by atoms with van der Waals surface area (Å²) >= 11 is 0. The summed E-state index contributed by atoms with van der Waals surface area (Å²) < 4.78 is 31.4. The topological polar surface area (TPSA) is 67.4 Å². The fourth-order valence-electron chi connectivity index (χ4n) is 2.23. The summed E-state index contributed by atoms with van der Waals surface area (Å²) in [6.07, 6.45) is 0. The van der Waals surface area contributed by atoms with Crippen molar-refractivity contribution >= 4 is 11.8 Å². The van der Waals surface area contributed by atoms with Crippen LogP contribution in [0.2, 0.25) is 0 Å². The number of methoxy groups -OCH3 is 1. The monoisotopic (exact) mass is 348 g/mol. The Kier molecular flexibility index (Phi) is 6.05. The molecule has 2 aromatic rings. The van der Waals surface area contributed by atoms with Gasteiger partial charge in [0.25, 0.3) is 11.8 Å². The molecule has 0 aliphatic heterocycles. The van der Waals surface area contributed by atoms with Gasteiger partial charge in [-0.15, -0.1) is 0 Å². The lowest BCUT2D eigenvalue weighted by Gasteiger charge is -2.10. The zero-order valence-corrected chi connectivity index (χ0v) is 13.9. The van der Waals surface area contributed by atoms with E-state index in [0.717, 1.165) is 17.7 Å². The van der Waals surface area contributed by atoms with Crippen LogP contribution in [0.3, 0.4) is 0 Å². The first-order chi connectivity index (χ1) is 11.9. The van der Waals surface area contributed by atoms with Crippen molar-refractivity contribution in [3.05, 3.63) is 64.7 Å². The fourth-order valence-corrected chi connectivity index (χ4v) is 2.23. The van der Waals surface area contributed by atoms with Crippen LogP contribution in [-0.4, -0.2) is 32.0 Å². The van der Waals surface area contributed by atoms with Gasteiger partial charge in [-0.05, 0) is 42.8 Å². The van der Waals surface area contributed by atoms with Gasteiger partial charge in [-0.3, -0.25) is 9.59 Å². The van der Waals surface area contributed by atoms with Crippen molar-refractivity contribution in [2.75, 3.05) is 20.2 Å². The van der Waals surface area contributed by atoms with Gasteiger partial charge >= 0.3 is 0 Å². The highest BCUT2D eigenvalue weighted by Gasteiger charge is 2.13. The smallest absolute Gasteiger partial charge is 0.254 e. The highest BCUT2D eigenvalue weighted by Crippen LogP contribution is 2.16. The molecule has 2 N–H and O–H groups in total. The molecule has 0 aliphatic rings. The molecule has 132 valence electrons. The van der Waals surface area contributed by atoms with Crippen molar-refractivity contribution in [1.29, 1.82) is 0 Å². The van der Waals surface area contributed by atoms with Gasteiger partial charge in [-0.1, -0.05) is 0 Å². The summed E-state index contributed by atoms with van der Waals surface area (Å²) in [7, 11) is 1.54. The molecule has 7 heteroatoms. The van der Waals surface area contributed by atoms with E-state index in [4.69, 9.17) is 4.74 Å². The number of hydrogen-bond donors (Lipinski definition) is 2. The maximum absolute atomic E-state index is 13.5. The second kappa shape index (κ2) is 8.23. The number of amides is 2. The molecule has 0 saturated carbocycles. The summed E-state index contributed by atoms with van der Waals surface area (Å²) in [6, 6.07) is 7.79. The Balaban J connectivity index is 1.84. The van der Waals surface area contributed by atoms with Gasteiger partial charge in [-0.2, -0.15) is 0 Å². The van der Waals surface area contributed by atoms with Gasteiger partial charge in [-0.25, -0.2) is 8.78 Å². The Bertz CT molecular complexity index is 794. The number of hydrogen-bond acceptors (Lipinski definition) is 3. The molecule has 0 aromatic heterocycles. The third kappa shape index (κ3) is 4.76. The minimum Gasteiger partial charge on any atom is -0.497 e. The normalized spacial score (nSPS) is 10.2. The highest BCUT2D eigenvalue weighted by atomic mass is 19.1. The number of nitrogens with one attached hydrogen (secondary N) is 2. The number of rotatable bonds is 6. The number of carbonyl (C=O) groups excluding carboxylic acids is 2. The number of halogens is 2. The first kappa shape index (κ1) is 18.4. The van der Waals surface area contributed by atoms with Gasteiger partial charge < -0.3 is 15.4 Å². The first-order valence-corrected chi connectivity index (χ1v) is 7.58. The van der Waals surface area contributed by atoms with Crippen molar-refractivity contribution in [3.63, 3.8) is 0 Å². The second-order valence-electron chi connectivity index (χ2n) is 5.32. The molecule has 0 saturated heterocycles. The van der Waals surface area contributed by atoms with Crippen LogP contribution >= 0.6 is 0 Å². The first-order valence-electron chi connectivity index (χ1n) is 7.58. The van der Waals surface area contributed by atoms with Gasteiger partial charge in [0.2, 0.25) is 0 Å². The van der Waals surface area contributed by atoms with Crippen molar-refractivity contribution in [3.8, 4) is 5.75 Å². The van der Waals surface area contributed by atoms with Crippen LogP contribution in [0.5, 0.6) is 5.75 Å². The number of aryl methyl sites for hydroxylation is 1. The Morgan fingerprint density at radius 3 is 2.12 bits per heavy atom. The number of carbonyl (C=O) groups is 2. The van der Waals surface area contributed by atoms with Crippen LogP contribution in [0.4, 0.5) is 8.78 Å². The zero-order chi connectivity index (χ0) is 18.4. The summed E-state index contributed by atoms with van der Waals surface area (Å²) in [5, 5.41) is 5.12. The molecule has 0 aliphatic carbocycles. The Morgan fingerprint density at radius 1 is 0.960 bits per heavy atom. The van der Waals surface area contributed by atoms with E-state index >= 15 is 0 Å². The molecular formula is C18H18F2N2O3. The Hall–Kier alpha value is -2.96. The van der Waals surface area contributed by atoms with Crippen molar-refractivity contribution < 1.29 is 23.1 Å². The van der Waals surface area contributed by atoms with E-state index in [2.05, 4.69) is 10.6 Å². The largest absolute Gasteiger partial charge is 0.497 e. The Morgan fingerprint density at radius 2 is 1.56 bits per heavy atom. The second-order valence-corrected chi connectivity index (χ2v) is 5.32. The van der Waals surface area contributed by atoms with E-state index < -0.39 is 17.5 Å². The predicted octanol–water partition coefficient (Wildman–Crippen LogP) is 2.44. The molecule has 0 fully saturated rings. The van der Waals surface area contributed by atoms with Crippen LogP contribution in [0.25, 0.3) is 0 Å². The third-order valence-corrected chi connectivity index (χ3v) is 3.55. The summed E-state index contributed by atoms with van der Waals surface area (Å²) in [5.41, 5.74) is 1.00. The van der Waals surface area contributed by atoms with Gasteiger partial charge in [0, 0.05) is 24.7 Å². The SMILES string of the molecule is COc1ccc(C(=O)NCCNC(=O)c2ccc(F)cc2F)c(C)c1. The van der Waals surface area contributed by atoms with Gasteiger partial charge in [0.1, 0.15) is 17.4 Å². The molecule has 25 heavy (non-hydrogen) atoms. The molecule has 2 rings (SSSR count). The molecule has 5 nitrogen and oxygen atoms in total. The summed E-state index contributed by atoms with van der Waals surface area (Å²) in [6.45, 7) is 2.06. The number of ether oxygens (including phenoxy) is 1. The molecule has 2 aromatic carbocycles. The maximum atomic E-state index is 13.5. The van der Waals surface area contributed by atoms with Crippen LogP contribution < -0.4 is 15.4 Å². The average Bonchev–Trinajstić information content (AvgIpc) is 2.58. The molecule has 0 unspecified atom stereocenters.